The second kappa shape index (κ2) is 5.69. The first-order chi connectivity index (χ1) is 10.6. The Morgan fingerprint density at radius 3 is 1.91 bits per heavy atom. The number of phenols is 1. The minimum Gasteiger partial charge on any atom is -0.508 e. The Balaban J connectivity index is 2.23. The summed E-state index contributed by atoms with van der Waals surface area (Å²) in [6, 6.07) is 26.3. The summed E-state index contributed by atoms with van der Waals surface area (Å²) in [6.07, 6.45) is 0. The van der Waals surface area contributed by atoms with Gasteiger partial charge in [0.15, 0.2) is 0 Å². The summed E-state index contributed by atoms with van der Waals surface area (Å²) in [5.41, 5.74) is 4.07. The van der Waals surface area contributed by atoms with Crippen molar-refractivity contribution in [1.82, 2.24) is 0 Å². The molecule has 0 amide bonds. The summed E-state index contributed by atoms with van der Waals surface area (Å²) >= 11 is 0. The van der Waals surface area contributed by atoms with Crippen LogP contribution in [0.15, 0.2) is 78.9 Å². The molecular weight excluding hydrogens is 268 g/mol. The lowest BCUT2D eigenvalue weighted by atomic mass is 9.74. The van der Waals surface area contributed by atoms with Gasteiger partial charge in [-0.1, -0.05) is 86.6 Å². The molecule has 22 heavy (non-hydrogen) atoms. The first kappa shape index (κ1) is 14.4. The van der Waals surface area contributed by atoms with E-state index in [1.807, 2.05) is 42.5 Å². The monoisotopic (exact) mass is 288 g/mol. The predicted octanol–water partition coefficient (Wildman–Crippen LogP) is 5.39. The first-order valence-corrected chi connectivity index (χ1v) is 7.54. The predicted molar refractivity (Wildman–Crippen MR) is 92.1 cm³/mol. The summed E-state index contributed by atoms with van der Waals surface area (Å²) in [5.74, 6) is 0.343. The molecule has 1 N–H and O–H groups in total. The van der Waals surface area contributed by atoms with Gasteiger partial charge in [-0.15, -0.1) is 0 Å². The highest BCUT2D eigenvalue weighted by Crippen LogP contribution is 2.42. The standard InChI is InChI=1S/C21H20O/c1-21(2,17-12-7-4-8-13-17)20-18(14-9-15-19(20)22)16-10-5-3-6-11-16/h3-15,22H,1-2H3. The van der Waals surface area contributed by atoms with Gasteiger partial charge in [-0.3, -0.25) is 0 Å². The Labute approximate surface area is 131 Å². The highest BCUT2D eigenvalue weighted by Gasteiger charge is 2.29. The van der Waals surface area contributed by atoms with Crippen LogP contribution in [0.3, 0.4) is 0 Å². The molecule has 0 saturated carbocycles. The number of hydrogen-bond donors (Lipinski definition) is 1. The summed E-state index contributed by atoms with van der Waals surface area (Å²) in [6.45, 7) is 4.31. The van der Waals surface area contributed by atoms with Gasteiger partial charge in [0.05, 0.1) is 0 Å². The van der Waals surface area contributed by atoms with Gasteiger partial charge in [-0.2, -0.15) is 0 Å². The number of aromatic hydroxyl groups is 1. The smallest absolute Gasteiger partial charge is 0.120 e. The zero-order chi connectivity index (χ0) is 15.6. The van der Waals surface area contributed by atoms with E-state index in [4.69, 9.17) is 0 Å². The van der Waals surface area contributed by atoms with Crippen LogP contribution < -0.4 is 0 Å². The highest BCUT2D eigenvalue weighted by atomic mass is 16.3. The Morgan fingerprint density at radius 2 is 1.27 bits per heavy atom. The fourth-order valence-corrected chi connectivity index (χ4v) is 3.05. The van der Waals surface area contributed by atoms with Gasteiger partial charge in [-0.25, -0.2) is 0 Å². The van der Waals surface area contributed by atoms with Crippen molar-refractivity contribution in [1.29, 1.82) is 0 Å². The minimum absolute atomic E-state index is 0.280. The minimum atomic E-state index is -0.280. The third kappa shape index (κ3) is 2.50. The quantitative estimate of drug-likeness (QED) is 0.685. The molecule has 0 aromatic heterocycles. The van der Waals surface area contributed by atoms with Crippen molar-refractivity contribution in [3.05, 3.63) is 90.0 Å². The van der Waals surface area contributed by atoms with Crippen molar-refractivity contribution < 1.29 is 5.11 Å². The molecule has 0 unspecified atom stereocenters. The molecule has 0 spiro atoms. The Bertz CT molecular complexity index is 758. The topological polar surface area (TPSA) is 20.2 Å². The lowest BCUT2D eigenvalue weighted by Gasteiger charge is -2.29. The molecule has 110 valence electrons. The van der Waals surface area contributed by atoms with Gasteiger partial charge in [0.1, 0.15) is 5.75 Å². The molecule has 0 aliphatic carbocycles. The normalized spacial score (nSPS) is 11.4. The molecule has 0 bridgehead atoms. The van der Waals surface area contributed by atoms with Gasteiger partial charge in [0.25, 0.3) is 0 Å². The average molecular weight is 288 g/mol. The van der Waals surface area contributed by atoms with E-state index in [0.717, 1.165) is 16.7 Å². The van der Waals surface area contributed by atoms with Gasteiger partial charge in [-0.05, 0) is 22.8 Å². The fourth-order valence-electron chi connectivity index (χ4n) is 3.05. The van der Waals surface area contributed by atoms with Crippen LogP contribution in [-0.2, 0) is 5.41 Å². The van der Waals surface area contributed by atoms with E-state index in [2.05, 4.69) is 44.2 Å². The summed E-state index contributed by atoms with van der Waals surface area (Å²) in [7, 11) is 0. The van der Waals surface area contributed by atoms with Crippen molar-refractivity contribution in [2.24, 2.45) is 0 Å². The number of benzene rings is 3. The molecule has 0 heterocycles. The lowest BCUT2D eigenvalue weighted by molar-refractivity contribution is 0.454. The molecule has 3 rings (SSSR count). The van der Waals surface area contributed by atoms with Gasteiger partial charge >= 0.3 is 0 Å². The molecule has 1 nitrogen and oxygen atoms in total. The molecule has 0 atom stereocenters. The zero-order valence-corrected chi connectivity index (χ0v) is 13.0. The largest absolute Gasteiger partial charge is 0.508 e. The molecule has 0 aliphatic rings. The molecule has 1 heteroatoms. The van der Waals surface area contributed by atoms with Crippen LogP contribution in [-0.4, -0.2) is 5.11 Å². The Morgan fingerprint density at radius 1 is 0.682 bits per heavy atom. The van der Waals surface area contributed by atoms with Gasteiger partial charge in [0, 0.05) is 11.0 Å². The molecule has 0 saturated heterocycles. The number of phenolic OH excluding ortho intramolecular Hbond substituents is 1. The fraction of sp³-hybridized carbons (Fsp3) is 0.143. The van der Waals surface area contributed by atoms with Crippen LogP contribution in [0.1, 0.15) is 25.0 Å². The molecule has 0 radical (unpaired) electrons. The average Bonchev–Trinajstić information content (AvgIpc) is 2.56. The molecule has 0 fully saturated rings. The summed E-state index contributed by atoms with van der Waals surface area (Å²) < 4.78 is 0. The highest BCUT2D eigenvalue weighted by molar-refractivity contribution is 5.72. The zero-order valence-electron chi connectivity index (χ0n) is 13.0. The maximum atomic E-state index is 10.5. The van der Waals surface area contributed by atoms with E-state index in [9.17, 15) is 5.11 Å². The maximum absolute atomic E-state index is 10.5. The second-order valence-electron chi connectivity index (χ2n) is 6.06. The third-order valence-electron chi connectivity index (χ3n) is 4.25. The Hall–Kier alpha value is -2.54. The van der Waals surface area contributed by atoms with Crippen molar-refractivity contribution in [2.45, 2.75) is 19.3 Å². The van der Waals surface area contributed by atoms with Crippen molar-refractivity contribution in [3.8, 4) is 16.9 Å². The number of rotatable bonds is 3. The van der Waals surface area contributed by atoms with E-state index < -0.39 is 0 Å². The third-order valence-corrected chi connectivity index (χ3v) is 4.25. The van der Waals surface area contributed by atoms with Crippen molar-refractivity contribution in [2.75, 3.05) is 0 Å². The van der Waals surface area contributed by atoms with Gasteiger partial charge < -0.3 is 5.11 Å². The second-order valence-corrected chi connectivity index (χ2v) is 6.06. The van der Waals surface area contributed by atoms with Crippen molar-refractivity contribution in [3.63, 3.8) is 0 Å². The maximum Gasteiger partial charge on any atom is 0.120 e. The summed E-state index contributed by atoms with van der Waals surface area (Å²) in [5, 5.41) is 10.5. The van der Waals surface area contributed by atoms with Gasteiger partial charge in [0.2, 0.25) is 0 Å². The lowest BCUT2D eigenvalue weighted by Crippen LogP contribution is -2.20. The van der Waals surface area contributed by atoms with E-state index >= 15 is 0 Å². The van der Waals surface area contributed by atoms with Crippen molar-refractivity contribution >= 4 is 0 Å². The van der Waals surface area contributed by atoms with Crippen LogP contribution in [0.2, 0.25) is 0 Å². The van der Waals surface area contributed by atoms with Crippen LogP contribution in [0.4, 0.5) is 0 Å². The van der Waals surface area contributed by atoms with Crippen LogP contribution in [0.25, 0.3) is 11.1 Å². The molecular formula is C21H20O. The molecule has 3 aromatic rings. The molecule has 3 aromatic carbocycles. The van der Waals surface area contributed by atoms with E-state index in [0.29, 0.717) is 5.75 Å². The summed E-state index contributed by atoms with van der Waals surface area (Å²) in [4.78, 5) is 0. The molecule has 0 aliphatic heterocycles. The van der Waals surface area contributed by atoms with E-state index in [1.165, 1.54) is 5.56 Å². The number of hydrogen-bond acceptors (Lipinski definition) is 1. The Kier molecular flexibility index (Phi) is 3.72. The van der Waals surface area contributed by atoms with E-state index in [1.54, 1.807) is 6.07 Å². The first-order valence-electron chi connectivity index (χ1n) is 7.54. The van der Waals surface area contributed by atoms with Crippen LogP contribution in [0.5, 0.6) is 5.75 Å². The van der Waals surface area contributed by atoms with Crippen LogP contribution >= 0.6 is 0 Å². The SMILES string of the molecule is CC(C)(c1ccccc1)c1c(O)cccc1-c1ccccc1. The van der Waals surface area contributed by atoms with Crippen LogP contribution in [0, 0.1) is 0 Å². The van der Waals surface area contributed by atoms with E-state index in [-0.39, 0.29) is 5.41 Å².